The van der Waals surface area contributed by atoms with Crippen molar-refractivity contribution in [2.45, 2.75) is 284 Å². The molecule has 102 heavy (non-hydrogen) atoms. The first-order valence-electron chi connectivity index (χ1n) is 33.1. The fraction of sp³-hybridized carbons (Fsp3) is 1.00. The van der Waals surface area contributed by atoms with Gasteiger partial charge in [0.05, 0.1) is 102 Å². The van der Waals surface area contributed by atoms with Crippen LogP contribution in [-0.4, -0.2) is 465 Å². The highest BCUT2D eigenvalue weighted by Crippen LogP contribution is 2.39. The van der Waals surface area contributed by atoms with Gasteiger partial charge in [-0.3, -0.25) is 0 Å². The van der Waals surface area contributed by atoms with Crippen molar-refractivity contribution in [3.63, 3.8) is 0 Å². The van der Waals surface area contributed by atoms with Crippen molar-refractivity contribution in [3.05, 3.63) is 0 Å². The Kier molecular flexibility index (Phi) is 32.2. The van der Waals surface area contributed by atoms with Gasteiger partial charge in [0.2, 0.25) is 0 Å². The summed E-state index contributed by atoms with van der Waals surface area (Å²) >= 11 is 0. The topological polar surface area (TPSA) is 733 Å². The van der Waals surface area contributed by atoms with Gasteiger partial charge in [0.1, 0.15) is 183 Å². The van der Waals surface area contributed by atoms with Crippen molar-refractivity contribution in [1.82, 2.24) is 5.32 Å². The zero-order valence-corrected chi connectivity index (χ0v) is 55.4. The van der Waals surface area contributed by atoms with Gasteiger partial charge in [-0.15, -0.1) is 0 Å². The molecule has 0 aromatic heterocycles. The number of nitrogens with two attached hydrogens (primary N) is 3. The third-order valence-electron chi connectivity index (χ3n) is 19.4. The minimum absolute atomic E-state index is 0.712. The fourth-order valence-electron chi connectivity index (χ4n) is 13.1. The Bertz CT molecular complexity index is 2450. The Morgan fingerprint density at radius 2 is 0.706 bits per heavy atom. The SMILES string of the molecule is CN[C@H]1C(O)[C@H](O[C@@H]2OC(CO)[C@H](O)C(O)[C@@H]2O)C(CO)O[C@H]1O[C@H]1C(O)[C@@H](O)C(CO)O[C@H]1OC1[C@H](O)C(CO[C@@H](OC(CO)[C@H](C)O)[C@@H](CO)O[C@@H]2O[C@@H](CO)[C@@H](O[C@@H]3OC(CO)[C@H](O)C(O)[C@@H]3O)C(O)C2N)O[C@@H](O[C@@H]2C(CO)O[C@@H](O[C@@H]3C(CO)O[C@@H](C)[C@@H](N)C3O)[C@@H](N)C2O)[C@@H]1O. The molecule has 8 fully saturated rings. The van der Waals surface area contributed by atoms with Crippen LogP contribution in [0.15, 0.2) is 0 Å². The maximum atomic E-state index is 12.5. The first kappa shape index (κ1) is 85.8. The highest BCUT2D eigenvalue weighted by molar-refractivity contribution is 5.03. The van der Waals surface area contributed by atoms with Crippen LogP contribution in [0.1, 0.15) is 13.8 Å². The van der Waals surface area contributed by atoms with Crippen LogP contribution in [0.2, 0.25) is 0 Å². The van der Waals surface area contributed by atoms with E-state index in [2.05, 4.69) is 5.32 Å². The molecule has 0 aliphatic carbocycles. The molecule has 8 saturated heterocycles. The summed E-state index contributed by atoms with van der Waals surface area (Å²) in [5.74, 6) is 0. The molecule has 8 aliphatic heterocycles. The van der Waals surface area contributed by atoms with Gasteiger partial charge >= 0.3 is 0 Å². The van der Waals surface area contributed by atoms with Gasteiger partial charge in [0, 0.05) is 0 Å². The van der Waals surface area contributed by atoms with Crippen LogP contribution in [0.25, 0.3) is 0 Å². The molecule has 0 amide bonds. The van der Waals surface area contributed by atoms with Crippen molar-refractivity contribution >= 4 is 0 Å². The summed E-state index contributed by atoms with van der Waals surface area (Å²) in [5, 5.41) is 264. The third-order valence-corrected chi connectivity index (χ3v) is 19.4. The number of aliphatic hydroxyl groups is 24. The van der Waals surface area contributed by atoms with E-state index in [0.29, 0.717) is 0 Å². The number of rotatable bonds is 31. The summed E-state index contributed by atoms with van der Waals surface area (Å²) in [6.07, 6.45) is -74.3. The molecule has 44 atom stereocenters. The van der Waals surface area contributed by atoms with E-state index in [-0.39, 0.29) is 0 Å². The minimum atomic E-state index is -2.41. The van der Waals surface area contributed by atoms with Gasteiger partial charge in [0.15, 0.2) is 50.3 Å². The van der Waals surface area contributed by atoms with Crippen molar-refractivity contribution in [2.75, 3.05) is 73.1 Å². The van der Waals surface area contributed by atoms with Gasteiger partial charge < -0.3 is 226 Å². The van der Waals surface area contributed by atoms with E-state index < -0.39 is 336 Å². The van der Waals surface area contributed by atoms with E-state index in [1.165, 1.54) is 14.0 Å². The molecule has 8 aliphatic rings. The van der Waals surface area contributed by atoms with Crippen LogP contribution in [0, 0.1) is 0 Å². The van der Waals surface area contributed by atoms with Gasteiger partial charge in [-0.2, -0.15) is 0 Å². The molecule has 17 unspecified atom stereocenters. The van der Waals surface area contributed by atoms with Crippen LogP contribution in [0.4, 0.5) is 0 Å². The average Bonchev–Trinajstić information content (AvgIpc) is 0.779. The molecule has 0 spiro atoms. The largest absolute Gasteiger partial charge is 0.394 e. The lowest BCUT2D eigenvalue weighted by molar-refractivity contribution is -0.397. The van der Waals surface area contributed by atoms with E-state index in [4.69, 9.17) is 97.7 Å². The lowest BCUT2D eigenvalue weighted by atomic mass is 9.93. The molecule has 8 heterocycles. The molecule has 0 saturated carbocycles. The maximum Gasteiger partial charge on any atom is 0.187 e. The average molecular weight is 1500 g/mol. The Morgan fingerprint density at radius 3 is 1.17 bits per heavy atom. The van der Waals surface area contributed by atoms with E-state index in [1.54, 1.807) is 0 Å². The fourth-order valence-corrected chi connectivity index (χ4v) is 13.1. The molecule has 0 bridgehead atoms. The highest BCUT2D eigenvalue weighted by atomic mass is 16.8. The Morgan fingerprint density at radius 1 is 0.343 bits per heavy atom. The number of hydrogen-bond acceptors (Lipinski definition) is 45. The van der Waals surface area contributed by atoms with Crippen LogP contribution in [0.3, 0.4) is 0 Å². The van der Waals surface area contributed by atoms with Crippen molar-refractivity contribution in [1.29, 1.82) is 0 Å². The van der Waals surface area contributed by atoms with Gasteiger partial charge in [-0.1, -0.05) is 0 Å². The van der Waals surface area contributed by atoms with E-state index in [0.717, 1.165) is 6.92 Å². The number of nitrogens with one attached hydrogen (secondary N) is 1. The number of likely N-dealkylation sites (N-methyl/N-ethyl adjacent to an activating group) is 1. The Labute approximate surface area is 581 Å². The summed E-state index contributed by atoms with van der Waals surface area (Å²) in [6.45, 7) is -7.19. The van der Waals surface area contributed by atoms with Crippen molar-refractivity contribution in [2.24, 2.45) is 17.2 Å². The first-order valence-corrected chi connectivity index (χ1v) is 33.1. The standard InChI is InChI=1S/C57H104N4O41/c1-14(71)16(4-62)88-50(24(12-70)95-51-27(59)35(77)45(21(9-67)92-51)98-54-41(83)38(80)30(72)17(5-63)89-54)86-13-25-33(75)48(43(85)56(96-25)99-46-22(10-68)93-52(28(60)36(46)78)97-44-20(8-66)87-15(2)26(58)34(44)76)101-57-49(40(82)32(74)19(7-65)91-57)102-53-29(61-3)37(79)47(23(11-69)94-53)100-55-42(84)39(81)31(73)18(6-64)90-55/h14-57,61-85H,4-13,58-60H2,1-3H3/t14-,15-,16?,17?,18?,19?,20?,21-,22?,23?,24+,25?,26+,27?,28-,29-,30-,31-,32-,33+,34?,35?,36?,37?,38?,39?,40?,41-,42-,43+,44+,45+,46+,47+,48?,49-,50-,51-,52-,53-,54-,55-,56-,57-/m0/s1. The number of aliphatic hydroxyl groups excluding tert-OH is 24. The molecule has 8 rings (SSSR count). The van der Waals surface area contributed by atoms with Crippen LogP contribution >= 0.6 is 0 Å². The summed E-state index contributed by atoms with van der Waals surface area (Å²) in [5.41, 5.74) is 19.0. The maximum absolute atomic E-state index is 12.5. The predicted octanol–water partition coefficient (Wildman–Crippen LogP) is -18.8. The minimum Gasteiger partial charge on any atom is -0.394 e. The molecular formula is C57H104N4O41. The van der Waals surface area contributed by atoms with Gasteiger partial charge in [-0.25, -0.2) is 0 Å². The molecule has 31 N–H and O–H groups in total. The normalized spacial score (nSPS) is 49.6. The zero-order chi connectivity index (χ0) is 75.2. The third kappa shape index (κ3) is 18.6. The highest BCUT2D eigenvalue weighted by Gasteiger charge is 2.59. The molecule has 45 heteroatoms. The second kappa shape index (κ2) is 38.2. The molecule has 0 radical (unpaired) electrons. The zero-order valence-electron chi connectivity index (χ0n) is 55.4. The predicted molar refractivity (Wildman–Crippen MR) is 320 cm³/mol. The molecular weight excluding hydrogens is 1400 g/mol. The summed E-state index contributed by atoms with van der Waals surface area (Å²) in [4.78, 5) is 0. The molecule has 0 aromatic carbocycles. The summed E-state index contributed by atoms with van der Waals surface area (Å²) < 4.78 is 101. The van der Waals surface area contributed by atoms with Crippen LogP contribution in [0.5, 0.6) is 0 Å². The van der Waals surface area contributed by atoms with Crippen molar-refractivity contribution < 1.29 is 203 Å². The smallest absolute Gasteiger partial charge is 0.187 e. The Hall–Kier alpha value is -1.80. The van der Waals surface area contributed by atoms with E-state index >= 15 is 0 Å². The quantitative estimate of drug-likeness (QED) is 0.0287. The second-order valence-electron chi connectivity index (χ2n) is 26.1. The van der Waals surface area contributed by atoms with Crippen LogP contribution in [-0.2, 0) is 80.5 Å². The van der Waals surface area contributed by atoms with Crippen molar-refractivity contribution in [3.8, 4) is 0 Å². The monoisotopic (exact) mass is 1500 g/mol. The second-order valence-corrected chi connectivity index (χ2v) is 26.1. The van der Waals surface area contributed by atoms with E-state index in [9.17, 15) is 123 Å². The first-order chi connectivity index (χ1) is 48.4. The van der Waals surface area contributed by atoms with Gasteiger partial charge in [0.25, 0.3) is 0 Å². The number of ether oxygens (including phenoxy) is 17. The lowest BCUT2D eigenvalue weighted by Gasteiger charge is -2.51. The molecule has 45 nitrogen and oxygen atoms in total. The summed E-state index contributed by atoms with van der Waals surface area (Å²) in [6, 6.07) is -6.10. The Balaban J connectivity index is 1.09. The summed E-state index contributed by atoms with van der Waals surface area (Å²) in [7, 11) is 1.26. The van der Waals surface area contributed by atoms with E-state index in [1.807, 2.05) is 0 Å². The molecule has 0 aromatic rings. The molecule has 598 valence electrons. The number of hydrogen-bond donors (Lipinski definition) is 28. The lowest BCUT2D eigenvalue weighted by Crippen LogP contribution is -2.70. The van der Waals surface area contributed by atoms with Crippen LogP contribution < -0.4 is 22.5 Å². The van der Waals surface area contributed by atoms with Gasteiger partial charge in [-0.05, 0) is 20.9 Å².